The molecule has 1 atom stereocenters. The maximum absolute atomic E-state index is 6.03. The SMILES string of the molecule is CCC(C)Oc1[c-]cc(C(C)(C)C)cc1C(C)(C)C.[Zn+][Br]. The van der Waals surface area contributed by atoms with Gasteiger partial charge in [-0.15, -0.1) is 11.6 Å². The van der Waals surface area contributed by atoms with Crippen LogP contribution < -0.4 is 4.74 Å². The summed E-state index contributed by atoms with van der Waals surface area (Å²) in [6.07, 6.45) is 1.25. The third-order valence-electron chi connectivity index (χ3n) is 3.47. The molecule has 21 heavy (non-hydrogen) atoms. The summed E-state index contributed by atoms with van der Waals surface area (Å²) < 4.78 is 6.03. The van der Waals surface area contributed by atoms with E-state index >= 15 is 0 Å². The molecule has 116 valence electrons. The van der Waals surface area contributed by atoms with Crippen LogP contribution >= 0.6 is 13.6 Å². The van der Waals surface area contributed by atoms with Crippen LogP contribution in [0.5, 0.6) is 5.75 Å². The van der Waals surface area contributed by atoms with E-state index in [2.05, 4.69) is 87.2 Å². The zero-order chi connectivity index (χ0) is 16.8. The first-order valence-corrected chi connectivity index (χ1v) is 14.5. The van der Waals surface area contributed by atoms with Gasteiger partial charge in [0.25, 0.3) is 0 Å². The van der Waals surface area contributed by atoms with Gasteiger partial charge in [0.1, 0.15) is 0 Å². The fraction of sp³-hybridized carbons (Fsp3) is 0.667. The molecule has 0 spiro atoms. The van der Waals surface area contributed by atoms with E-state index < -0.39 is 0 Å². The normalized spacial score (nSPS) is 13.3. The number of benzene rings is 1. The summed E-state index contributed by atoms with van der Waals surface area (Å²) in [4.78, 5) is 0. The molecule has 0 saturated carbocycles. The van der Waals surface area contributed by atoms with E-state index in [-0.39, 0.29) is 16.9 Å². The molecule has 0 radical (unpaired) electrons. The number of hydrogen-bond donors (Lipinski definition) is 0. The Kier molecular flexibility index (Phi) is 8.73. The van der Waals surface area contributed by atoms with Gasteiger partial charge < -0.3 is 4.74 Å². The summed E-state index contributed by atoms with van der Waals surface area (Å²) in [5.74, 6) is 0.912. The minimum absolute atomic E-state index is 0.0700. The third kappa shape index (κ3) is 6.82. The predicted octanol–water partition coefficient (Wildman–Crippen LogP) is 6.10. The van der Waals surface area contributed by atoms with Gasteiger partial charge in [0, 0.05) is 5.75 Å². The van der Waals surface area contributed by atoms with Gasteiger partial charge in [-0.1, -0.05) is 59.3 Å². The predicted molar refractivity (Wildman–Crippen MR) is 92.0 cm³/mol. The Morgan fingerprint density at radius 3 is 2.05 bits per heavy atom. The van der Waals surface area contributed by atoms with Crippen molar-refractivity contribution in [2.45, 2.75) is 78.7 Å². The Hall–Kier alpha value is 0.123. The fourth-order valence-electron chi connectivity index (χ4n) is 1.86. The van der Waals surface area contributed by atoms with Crippen molar-refractivity contribution in [2.24, 2.45) is 0 Å². The van der Waals surface area contributed by atoms with Gasteiger partial charge in [-0.25, -0.2) is 0 Å². The fourth-order valence-corrected chi connectivity index (χ4v) is 1.86. The van der Waals surface area contributed by atoms with Crippen LogP contribution in [0.2, 0.25) is 0 Å². The molecule has 0 amide bonds. The van der Waals surface area contributed by atoms with Crippen LogP contribution in [0, 0.1) is 6.07 Å². The van der Waals surface area contributed by atoms with E-state index in [4.69, 9.17) is 4.74 Å². The summed E-state index contributed by atoms with van der Waals surface area (Å²) in [5.41, 5.74) is 2.78. The van der Waals surface area contributed by atoms with Crippen molar-refractivity contribution in [3.8, 4) is 5.75 Å². The molecule has 0 fully saturated rings. The number of ether oxygens (including phenoxy) is 1. The molecule has 1 nitrogen and oxygen atoms in total. The topological polar surface area (TPSA) is 9.23 Å². The summed E-state index contributed by atoms with van der Waals surface area (Å²) >= 11 is 4.25. The van der Waals surface area contributed by atoms with Gasteiger partial charge in [-0.3, -0.25) is 0 Å². The van der Waals surface area contributed by atoms with Gasteiger partial charge in [0.05, 0.1) is 6.10 Å². The Morgan fingerprint density at radius 1 is 1.14 bits per heavy atom. The molecule has 0 saturated heterocycles. The molecule has 1 aromatic carbocycles. The average molecular weight is 407 g/mol. The maximum atomic E-state index is 6.03. The molecule has 1 aromatic rings. The van der Waals surface area contributed by atoms with Crippen molar-refractivity contribution in [1.29, 1.82) is 0 Å². The van der Waals surface area contributed by atoms with E-state index in [0.717, 1.165) is 12.2 Å². The molecule has 1 unspecified atom stereocenters. The van der Waals surface area contributed by atoms with Crippen LogP contribution in [-0.4, -0.2) is 6.10 Å². The summed E-state index contributed by atoms with van der Waals surface area (Å²) in [6, 6.07) is 7.72. The van der Waals surface area contributed by atoms with Gasteiger partial charge in [-0.2, -0.15) is 17.7 Å². The first-order chi connectivity index (χ1) is 9.55. The number of rotatable bonds is 3. The Labute approximate surface area is 148 Å². The van der Waals surface area contributed by atoms with E-state index in [1.165, 1.54) is 27.5 Å². The van der Waals surface area contributed by atoms with Gasteiger partial charge in [-0.05, 0) is 13.3 Å². The van der Waals surface area contributed by atoms with Crippen LogP contribution in [-0.2, 0) is 27.2 Å². The van der Waals surface area contributed by atoms with Gasteiger partial charge in [0.2, 0.25) is 0 Å². The quantitative estimate of drug-likeness (QED) is 0.435. The van der Waals surface area contributed by atoms with Crippen molar-refractivity contribution in [3.63, 3.8) is 0 Å². The van der Waals surface area contributed by atoms with Crippen LogP contribution in [0.25, 0.3) is 0 Å². The number of halogens is 1. The second kappa shape index (κ2) is 8.68. The summed E-state index contributed by atoms with van der Waals surface area (Å²) in [7, 11) is 0. The molecule has 0 aliphatic carbocycles. The Morgan fingerprint density at radius 2 is 1.67 bits per heavy atom. The van der Waals surface area contributed by atoms with Crippen molar-refractivity contribution < 1.29 is 21.1 Å². The van der Waals surface area contributed by atoms with Crippen LogP contribution in [0.3, 0.4) is 0 Å². The molecule has 0 aliphatic rings. The summed E-state index contributed by atoms with van der Waals surface area (Å²) in [6.45, 7) is 17.6. The first-order valence-electron chi connectivity index (χ1n) is 7.55. The van der Waals surface area contributed by atoms with Gasteiger partial charge in [0.15, 0.2) is 0 Å². The monoisotopic (exact) mass is 404 g/mol. The molecule has 0 bridgehead atoms. The first kappa shape index (κ1) is 21.1. The van der Waals surface area contributed by atoms with Crippen LogP contribution in [0.1, 0.15) is 72.9 Å². The number of hydrogen-bond acceptors (Lipinski definition) is 1. The second-order valence-corrected chi connectivity index (χ2v) is 7.47. The molecular weight excluding hydrogens is 377 g/mol. The van der Waals surface area contributed by atoms with Crippen molar-refractivity contribution in [2.75, 3.05) is 0 Å². The van der Waals surface area contributed by atoms with Crippen molar-refractivity contribution in [3.05, 3.63) is 29.3 Å². The molecule has 3 heteroatoms. The van der Waals surface area contributed by atoms with E-state index in [1.54, 1.807) is 0 Å². The molecule has 1 rings (SSSR count). The molecular formula is C18H29BrOZn. The minimum atomic E-state index is 0.0700. The van der Waals surface area contributed by atoms with E-state index in [0.29, 0.717) is 0 Å². The summed E-state index contributed by atoms with van der Waals surface area (Å²) in [5, 5.41) is 0. The Bertz CT molecular complexity index is 430. The van der Waals surface area contributed by atoms with Crippen molar-refractivity contribution >= 4 is 13.6 Å². The molecule has 0 N–H and O–H groups in total. The van der Waals surface area contributed by atoms with Crippen LogP contribution in [0.4, 0.5) is 0 Å². The molecule has 0 aliphatic heterocycles. The van der Waals surface area contributed by atoms with Crippen LogP contribution in [0.15, 0.2) is 12.1 Å². The van der Waals surface area contributed by atoms with Gasteiger partial charge >= 0.3 is 30.0 Å². The molecule has 0 aromatic heterocycles. The average Bonchev–Trinajstić information content (AvgIpc) is 2.38. The Balaban J connectivity index is 0.00000191. The third-order valence-corrected chi connectivity index (χ3v) is 3.47. The zero-order valence-corrected chi connectivity index (χ0v) is 19.5. The zero-order valence-electron chi connectivity index (χ0n) is 14.9. The standard InChI is InChI=1S/C18H29O.BrH.Zn/c1-9-13(2)19-16-11-10-14(17(3,4)5)12-15(16)18(6,7)8;;/h10,12-13H,9H2,1-8H3;1H;/q-1;;+2/p-1. The molecule has 0 heterocycles. The van der Waals surface area contributed by atoms with E-state index in [1.807, 2.05) is 0 Å². The van der Waals surface area contributed by atoms with Crippen molar-refractivity contribution in [1.82, 2.24) is 0 Å². The van der Waals surface area contributed by atoms with E-state index in [9.17, 15) is 0 Å². The second-order valence-electron chi connectivity index (χ2n) is 7.47.